The van der Waals surface area contributed by atoms with Gasteiger partial charge in [0.2, 0.25) is 0 Å². The lowest BCUT2D eigenvalue weighted by atomic mass is 10.5. The topological polar surface area (TPSA) is 150 Å². The van der Waals surface area contributed by atoms with E-state index in [0.29, 0.717) is 0 Å². The molecule has 0 aromatic rings. The number of aliphatic hydroxyl groups excluding tert-OH is 1. The molecule has 8 heteroatoms. The Morgan fingerprint density at radius 3 is 1.69 bits per heavy atom. The Hall–Kier alpha value is -0.410. The number of quaternary nitrogens is 2. The highest BCUT2D eigenvalue weighted by atomic mass is 32.1. The first-order chi connectivity index (χ1) is 4.91. The molecule has 0 aliphatic rings. The Bertz CT molecular complexity index is 142. The SMILES string of the molecule is CC(O)C(=O)[S-].O=C([O-])CS.[NH4+].[NH4+]. The van der Waals surface area contributed by atoms with E-state index in [-0.39, 0.29) is 18.1 Å². The summed E-state index contributed by atoms with van der Waals surface area (Å²) >= 11 is 7.37. The van der Waals surface area contributed by atoms with E-state index in [1.807, 2.05) is 0 Å². The summed E-state index contributed by atoms with van der Waals surface area (Å²) in [5, 5.41) is 16.8. The summed E-state index contributed by atoms with van der Waals surface area (Å²) < 4.78 is 0. The predicted molar refractivity (Wildman–Crippen MR) is 54.9 cm³/mol. The molecule has 1 unspecified atom stereocenters. The van der Waals surface area contributed by atoms with Crippen molar-refractivity contribution in [1.82, 2.24) is 12.3 Å². The van der Waals surface area contributed by atoms with Gasteiger partial charge in [-0.25, -0.2) is 0 Å². The van der Waals surface area contributed by atoms with Crippen LogP contribution in [0.2, 0.25) is 0 Å². The molecule has 0 aliphatic carbocycles. The number of aliphatic hydroxyl groups is 1. The third kappa shape index (κ3) is 34.1. The highest BCUT2D eigenvalue weighted by molar-refractivity contribution is 7.81. The van der Waals surface area contributed by atoms with Crippen molar-refractivity contribution < 1.29 is 19.8 Å². The Morgan fingerprint density at radius 1 is 1.54 bits per heavy atom. The molecule has 9 N–H and O–H groups in total. The summed E-state index contributed by atoms with van der Waals surface area (Å²) in [6.45, 7) is 1.34. The first-order valence-corrected chi connectivity index (χ1v) is 3.65. The van der Waals surface area contributed by atoms with Crippen LogP contribution in [0.4, 0.5) is 0 Å². The van der Waals surface area contributed by atoms with Crippen LogP contribution in [0.1, 0.15) is 6.92 Å². The summed E-state index contributed by atoms with van der Waals surface area (Å²) in [7, 11) is 0. The van der Waals surface area contributed by atoms with Crippen LogP contribution in [0.15, 0.2) is 0 Å². The molecule has 82 valence electrons. The molecule has 6 nitrogen and oxygen atoms in total. The van der Waals surface area contributed by atoms with Crippen molar-refractivity contribution in [2.24, 2.45) is 0 Å². The van der Waals surface area contributed by atoms with Crippen LogP contribution in [0.25, 0.3) is 0 Å². The second kappa shape index (κ2) is 14.1. The maximum atomic E-state index is 9.71. The highest BCUT2D eigenvalue weighted by Gasteiger charge is 1.88. The molecule has 13 heavy (non-hydrogen) atoms. The van der Waals surface area contributed by atoms with Gasteiger partial charge in [0.1, 0.15) is 0 Å². The predicted octanol–water partition coefficient (Wildman–Crippen LogP) is -1.14. The number of rotatable bonds is 2. The monoisotopic (exact) mass is 232 g/mol. The standard InChI is InChI=1S/C3H6O2S.C2H4O2S.2H3N/c1-2(4)3(5)6;3-2(4)1-5;;/h2,4H,1H3,(H,5,6);5H,1H2,(H,3,4);2*1H3. The average molecular weight is 232 g/mol. The molecule has 1 atom stereocenters. The van der Waals surface area contributed by atoms with Crippen molar-refractivity contribution in [3.63, 3.8) is 0 Å². The Balaban J connectivity index is -0.0000000546. The molecule has 0 aromatic carbocycles. The summed E-state index contributed by atoms with van der Waals surface area (Å²) in [5.41, 5.74) is 0. The molecule has 0 saturated carbocycles. The summed E-state index contributed by atoms with van der Waals surface area (Å²) in [4.78, 5) is 18.9. The number of carboxylic acids is 1. The minimum atomic E-state index is -1.13. The van der Waals surface area contributed by atoms with Gasteiger partial charge in [0.15, 0.2) is 0 Å². The van der Waals surface area contributed by atoms with Crippen molar-refractivity contribution in [1.29, 1.82) is 0 Å². The van der Waals surface area contributed by atoms with E-state index in [9.17, 15) is 14.7 Å². The molecule has 0 spiro atoms. The molecule has 0 rings (SSSR count). The first-order valence-electron chi connectivity index (χ1n) is 2.61. The van der Waals surface area contributed by atoms with Crippen LogP contribution in [-0.2, 0) is 22.2 Å². The number of carbonyl (C=O) groups is 2. The zero-order valence-corrected chi connectivity index (χ0v) is 9.52. The van der Waals surface area contributed by atoms with Crippen LogP contribution in [0.5, 0.6) is 0 Å². The fraction of sp³-hybridized carbons (Fsp3) is 0.600. The van der Waals surface area contributed by atoms with Gasteiger partial charge in [0.05, 0.1) is 12.1 Å². The number of carbonyl (C=O) groups excluding carboxylic acids is 2. The number of thiol groups is 1. The van der Waals surface area contributed by atoms with E-state index in [1.165, 1.54) is 6.92 Å². The maximum absolute atomic E-state index is 9.71. The molecular weight excluding hydrogens is 216 g/mol. The smallest absolute Gasteiger partial charge is 0.0878 e. The van der Waals surface area contributed by atoms with Crippen LogP contribution < -0.4 is 17.4 Å². The second-order valence-corrected chi connectivity index (χ2v) is 2.24. The zero-order valence-electron chi connectivity index (χ0n) is 7.81. The van der Waals surface area contributed by atoms with Crippen molar-refractivity contribution in [2.75, 3.05) is 5.75 Å². The van der Waals surface area contributed by atoms with Crippen LogP contribution in [0.3, 0.4) is 0 Å². The fourth-order valence-corrected chi connectivity index (χ4v) is 0. The molecule has 0 fully saturated rings. The van der Waals surface area contributed by atoms with E-state index in [1.54, 1.807) is 0 Å². The van der Waals surface area contributed by atoms with Crippen molar-refractivity contribution >= 4 is 36.3 Å². The van der Waals surface area contributed by atoms with Gasteiger partial charge in [-0.1, -0.05) is 0 Å². The third-order valence-electron chi connectivity index (χ3n) is 0.470. The first kappa shape index (κ1) is 22.9. The van der Waals surface area contributed by atoms with E-state index in [0.717, 1.165) is 0 Å². The van der Waals surface area contributed by atoms with Gasteiger partial charge in [-0.2, -0.15) is 12.6 Å². The summed E-state index contributed by atoms with van der Waals surface area (Å²) in [6, 6.07) is 0. The third-order valence-corrected chi connectivity index (χ3v) is 1.07. The maximum Gasteiger partial charge on any atom is 0.0878 e. The number of carboxylic acid groups (broad SMARTS) is 1. The Morgan fingerprint density at radius 2 is 1.69 bits per heavy atom. The van der Waals surface area contributed by atoms with E-state index < -0.39 is 17.2 Å². The average Bonchev–Trinajstić information content (AvgIpc) is 1.89. The Kier molecular flexibility index (Phi) is 24.9. The number of hydrogen-bond acceptors (Lipinski definition) is 6. The quantitative estimate of drug-likeness (QED) is 0.350. The number of hydrogen-bond donors (Lipinski definition) is 4. The number of aliphatic carboxylic acids is 1. The van der Waals surface area contributed by atoms with Crippen LogP contribution >= 0.6 is 12.6 Å². The van der Waals surface area contributed by atoms with Gasteiger partial charge < -0.3 is 44.7 Å². The van der Waals surface area contributed by atoms with Crippen molar-refractivity contribution in [3.8, 4) is 0 Å². The van der Waals surface area contributed by atoms with E-state index in [4.69, 9.17) is 5.11 Å². The van der Waals surface area contributed by atoms with Crippen molar-refractivity contribution in [2.45, 2.75) is 13.0 Å². The summed E-state index contributed by atoms with van der Waals surface area (Å²) in [5.74, 6) is -1.33. The molecule has 0 saturated heterocycles. The van der Waals surface area contributed by atoms with Gasteiger partial charge in [0.25, 0.3) is 0 Å². The van der Waals surface area contributed by atoms with Gasteiger partial charge in [0, 0.05) is 10.9 Å². The molecular formula is C5H16N2O4S2. The van der Waals surface area contributed by atoms with Crippen LogP contribution in [0, 0.1) is 0 Å². The normalized spacial score (nSPS) is 9.15. The molecule has 0 amide bonds. The largest absolute Gasteiger partial charge is 0.739 e. The molecule has 0 heterocycles. The molecule has 0 aliphatic heterocycles. The van der Waals surface area contributed by atoms with Gasteiger partial charge in [-0.3, -0.25) is 0 Å². The zero-order chi connectivity index (χ0) is 9.44. The van der Waals surface area contributed by atoms with Gasteiger partial charge >= 0.3 is 0 Å². The minimum Gasteiger partial charge on any atom is -0.739 e. The van der Waals surface area contributed by atoms with Gasteiger partial charge in [-0.15, -0.1) is 0 Å². The van der Waals surface area contributed by atoms with E-state index in [2.05, 4.69) is 25.3 Å². The molecule has 0 aromatic heterocycles. The lowest BCUT2D eigenvalue weighted by Crippen LogP contribution is -2.23. The lowest BCUT2D eigenvalue weighted by molar-refractivity contribution is -0.301. The van der Waals surface area contributed by atoms with E-state index >= 15 is 0 Å². The van der Waals surface area contributed by atoms with Crippen molar-refractivity contribution in [3.05, 3.63) is 0 Å². The second-order valence-electron chi connectivity index (χ2n) is 1.53. The van der Waals surface area contributed by atoms with Gasteiger partial charge in [-0.05, 0) is 6.92 Å². The van der Waals surface area contributed by atoms with Crippen LogP contribution in [-0.4, -0.2) is 28.0 Å². The summed E-state index contributed by atoms with van der Waals surface area (Å²) in [6.07, 6.45) is -0.972. The molecule has 0 radical (unpaired) electrons. The lowest BCUT2D eigenvalue weighted by Gasteiger charge is -2.03. The minimum absolute atomic E-state index is 0. The Labute approximate surface area is 87.7 Å². The molecule has 0 bridgehead atoms. The fourth-order valence-electron chi connectivity index (χ4n) is 0. The highest BCUT2D eigenvalue weighted by Crippen LogP contribution is 1.75.